The van der Waals surface area contributed by atoms with Crippen molar-refractivity contribution in [1.29, 1.82) is 0 Å². The number of ether oxygens (including phenoxy) is 1. The summed E-state index contributed by atoms with van der Waals surface area (Å²) in [6, 6.07) is 8.52. The van der Waals surface area contributed by atoms with Crippen molar-refractivity contribution in [1.82, 2.24) is 29.7 Å². The molecule has 3 aromatic heterocycles. The van der Waals surface area contributed by atoms with E-state index >= 15 is 0 Å². The average molecular weight is 637 g/mol. The molecule has 1 fully saturated rings. The lowest BCUT2D eigenvalue weighted by Gasteiger charge is -2.34. The van der Waals surface area contributed by atoms with Gasteiger partial charge in [0.05, 0.1) is 22.8 Å². The van der Waals surface area contributed by atoms with Crippen molar-refractivity contribution in [3.8, 4) is 11.5 Å². The number of anilines is 1. The van der Waals surface area contributed by atoms with Crippen molar-refractivity contribution < 1.29 is 27.5 Å². The number of hydrogen-bond donors (Lipinski definition) is 3. The van der Waals surface area contributed by atoms with Crippen LogP contribution in [0, 0.1) is 0 Å². The maximum absolute atomic E-state index is 14.1. The van der Waals surface area contributed by atoms with Crippen LogP contribution in [0.1, 0.15) is 52.1 Å². The molecule has 2 aliphatic heterocycles. The molecular formula is C32H35F3N8O3. The van der Waals surface area contributed by atoms with E-state index in [2.05, 4.69) is 25.2 Å². The number of halogens is 3. The number of rotatable bonds is 7. The highest BCUT2D eigenvalue weighted by Crippen LogP contribution is 2.36. The topological polar surface area (TPSA) is 133 Å². The van der Waals surface area contributed by atoms with Gasteiger partial charge in [0, 0.05) is 63.6 Å². The Balaban J connectivity index is 1.19. The highest BCUT2D eigenvalue weighted by atomic mass is 19.4. The summed E-state index contributed by atoms with van der Waals surface area (Å²) in [4.78, 5) is 42.5. The Hall–Kier alpha value is -4.69. The van der Waals surface area contributed by atoms with Crippen LogP contribution in [0.3, 0.4) is 0 Å². The molecule has 242 valence electrons. The minimum atomic E-state index is -4.57. The summed E-state index contributed by atoms with van der Waals surface area (Å²) in [7, 11) is 2.00. The quantitative estimate of drug-likeness (QED) is 0.255. The number of primary amides is 1. The highest BCUT2D eigenvalue weighted by molar-refractivity contribution is 5.97. The van der Waals surface area contributed by atoms with Crippen LogP contribution in [0.25, 0.3) is 11.0 Å². The number of amides is 3. The maximum atomic E-state index is 14.1. The molecule has 3 amide bonds. The zero-order valence-corrected chi connectivity index (χ0v) is 25.5. The molecule has 1 atom stereocenters. The molecule has 46 heavy (non-hydrogen) atoms. The van der Waals surface area contributed by atoms with Crippen molar-refractivity contribution in [3.63, 3.8) is 0 Å². The predicted octanol–water partition coefficient (Wildman–Crippen LogP) is 5.16. The van der Waals surface area contributed by atoms with E-state index in [4.69, 9.17) is 10.5 Å². The van der Waals surface area contributed by atoms with E-state index in [0.29, 0.717) is 48.6 Å². The van der Waals surface area contributed by atoms with Gasteiger partial charge in [-0.3, -0.25) is 14.7 Å². The number of hydrogen-bond acceptors (Lipinski definition) is 7. The molecule has 2 aliphatic rings. The van der Waals surface area contributed by atoms with E-state index in [1.807, 2.05) is 18.9 Å². The van der Waals surface area contributed by atoms with Gasteiger partial charge in [-0.1, -0.05) is 13.0 Å². The molecule has 0 unspecified atom stereocenters. The number of pyridine rings is 2. The number of carbonyl (C=O) groups excluding carboxylic acids is 2. The van der Waals surface area contributed by atoms with E-state index in [1.54, 1.807) is 29.3 Å². The molecule has 0 bridgehead atoms. The van der Waals surface area contributed by atoms with Gasteiger partial charge in [0.15, 0.2) is 0 Å². The number of alkyl halides is 3. The minimum absolute atomic E-state index is 0.0734. The van der Waals surface area contributed by atoms with Gasteiger partial charge in [-0.05, 0) is 54.9 Å². The summed E-state index contributed by atoms with van der Waals surface area (Å²) in [6.07, 6.45) is -0.724. The Morgan fingerprint density at radius 1 is 1.11 bits per heavy atom. The van der Waals surface area contributed by atoms with Crippen LogP contribution in [0.4, 0.5) is 23.7 Å². The molecule has 5 heterocycles. The Kier molecular flexibility index (Phi) is 8.57. The molecule has 0 aliphatic carbocycles. The molecule has 11 nitrogen and oxygen atoms in total. The average Bonchev–Trinajstić information content (AvgIpc) is 3.48. The summed E-state index contributed by atoms with van der Waals surface area (Å²) >= 11 is 0. The number of nitrogens with one attached hydrogen (secondary N) is 2. The van der Waals surface area contributed by atoms with Gasteiger partial charge in [-0.15, -0.1) is 0 Å². The van der Waals surface area contributed by atoms with E-state index in [9.17, 15) is 22.8 Å². The third-order valence-corrected chi connectivity index (χ3v) is 8.59. The summed E-state index contributed by atoms with van der Waals surface area (Å²) in [5, 5.41) is 3.25. The monoisotopic (exact) mass is 636 g/mol. The largest absolute Gasteiger partial charge is 0.455 e. The Morgan fingerprint density at radius 2 is 1.89 bits per heavy atom. The van der Waals surface area contributed by atoms with Crippen LogP contribution in [-0.4, -0.2) is 81.4 Å². The summed E-state index contributed by atoms with van der Waals surface area (Å²) in [5.41, 5.74) is 7.15. The molecule has 1 saturated heterocycles. The third-order valence-electron chi connectivity index (χ3n) is 8.59. The lowest BCUT2D eigenvalue weighted by atomic mass is 9.92. The van der Waals surface area contributed by atoms with Gasteiger partial charge in [0.2, 0.25) is 0 Å². The van der Waals surface area contributed by atoms with Crippen molar-refractivity contribution in [2.45, 2.75) is 38.5 Å². The minimum Gasteiger partial charge on any atom is -0.455 e. The number of aromatic amines is 1. The molecule has 4 N–H and O–H groups in total. The molecule has 4 aromatic rings. The number of aromatic nitrogens is 3. The van der Waals surface area contributed by atoms with Gasteiger partial charge in [-0.25, -0.2) is 9.78 Å². The van der Waals surface area contributed by atoms with Crippen molar-refractivity contribution in [2.24, 2.45) is 5.73 Å². The van der Waals surface area contributed by atoms with Gasteiger partial charge in [0.25, 0.3) is 5.91 Å². The van der Waals surface area contributed by atoms with Crippen LogP contribution < -0.4 is 15.8 Å². The van der Waals surface area contributed by atoms with Crippen LogP contribution in [0.15, 0.2) is 48.8 Å². The van der Waals surface area contributed by atoms with Crippen LogP contribution in [0.2, 0.25) is 0 Å². The van der Waals surface area contributed by atoms with E-state index in [-0.39, 0.29) is 36.0 Å². The van der Waals surface area contributed by atoms with Gasteiger partial charge in [0.1, 0.15) is 22.8 Å². The van der Waals surface area contributed by atoms with E-state index in [1.165, 1.54) is 18.3 Å². The smallest absolute Gasteiger partial charge is 0.416 e. The number of carbonyl (C=O) groups is 2. The summed E-state index contributed by atoms with van der Waals surface area (Å²) in [6.45, 7) is 5.72. The molecule has 0 radical (unpaired) electrons. The molecule has 14 heteroatoms. The zero-order chi connectivity index (χ0) is 32.6. The summed E-state index contributed by atoms with van der Waals surface area (Å²) in [5.74, 6) is 0.149. The number of likely N-dealkylation sites (N-methyl/N-ethyl adjacent to an activating group) is 1. The van der Waals surface area contributed by atoms with E-state index in [0.717, 1.165) is 30.4 Å². The SMILES string of the molecule is CC[C@H]1CN(C(=O)Nc2ccc(CN3CCN(C)CC3)c(C(F)(F)F)c2)Cc2cc(Oc3ccnc4[nH]c(C(N)=O)cc34)cnc21. The second-order valence-corrected chi connectivity index (χ2v) is 11.8. The number of urea groups is 1. The Bertz CT molecular complexity index is 1770. The van der Waals surface area contributed by atoms with E-state index < -0.39 is 23.7 Å². The lowest BCUT2D eigenvalue weighted by Crippen LogP contribution is -2.44. The fraction of sp³-hybridized carbons (Fsp3) is 0.375. The Morgan fingerprint density at radius 3 is 2.61 bits per heavy atom. The standard InChI is InChI=1S/C32H35F3N8O3/c1-3-19-17-43(31(45)39-22-5-4-20(25(13-22)32(33,34)35)16-42-10-8-41(2)9-11-42)18-21-12-23(15-38-28(19)21)46-27-6-7-37-30-24(27)14-26(40-30)29(36)44/h4-7,12-15,19H,3,8-11,16-18H2,1-2H3,(H2,36,44)(H,37,40)(H,39,45)/t19-/m0/s1. The Labute approximate surface area is 263 Å². The number of fused-ring (bicyclic) bond motifs is 2. The normalized spacial score (nSPS) is 17.6. The van der Waals surface area contributed by atoms with Gasteiger partial charge >= 0.3 is 12.2 Å². The van der Waals surface area contributed by atoms with Crippen molar-refractivity contribution in [2.75, 3.05) is 45.1 Å². The van der Waals surface area contributed by atoms with Crippen LogP contribution >= 0.6 is 0 Å². The summed E-state index contributed by atoms with van der Waals surface area (Å²) < 4.78 is 48.5. The number of benzene rings is 1. The zero-order valence-electron chi connectivity index (χ0n) is 25.5. The fourth-order valence-corrected chi connectivity index (χ4v) is 6.01. The van der Waals surface area contributed by atoms with Crippen LogP contribution in [0.5, 0.6) is 11.5 Å². The first kappa shape index (κ1) is 31.3. The molecule has 6 rings (SSSR count). The van der Waals surface area contributed by atoms with Crippen molar-refractivity contribution >= 4 is 28.7 Å². The van der Waals surface area contributed by atoms with Gasteiger partial charge in [-0.2, -0.15) is 13.2 Å². The number of nitrogens with two attached hydrogens (primary N) is 1. The second-order valence-electron chi connectivity index (χ2n) is 11.8. The maximum Gasteiger partial charge on any atom is 0.416 e. The van der Waals surface area contributed by atoms with Crippen LogP contribution in [-0.2, 0) is 19.3 Å². The highest BCUT2D eigenvalue weighted by Gasteiger charge is 2.35. The van der Waals surface area contributed by atoms with Crippen molar-refractivity contribution in [3.05, 3.63) is 76.9 Å². The van der Waals surface area contributed by atoms with Gasteiger partial charge < -0.3 is 30.6 Å². The first-order chi connectivity index (χ1) is 22.0. The fourth-order valence-electron chi connectivity index (χ4n) is 6.01. The number of piperazine rings is 1. The molecule has 1 aromatic carbocycles. The predicted molar refractivity (Wildman–Crippen MR) is 166 cm³/mol. The first-order valence-corrected chi connectivity index (χ1v) is 15.1. The second kappa shape index (κ2) is 12.6. The molecule has 0 saturated carbocycles. The lowest BCUT2D eigenvalue weighted by molar-refractivity contribution is -0.138. The molecule has 0 spiro atoms. The number of nitrogens with zero attached hydrogens (tertiary/aromatic N) is 5. The first-order valence-electron chi connectivity index (χ1n) is 15.1. The molecular weight excluding hydrogens is 601 g/mol. The third kappa shape index (κ3) is 6.63. The number of H-pyrrole nitrogens is 1.